The Labute approximate surface area is 211 Å². The van der Waals surface area contributed by atoms with Crippen molar-refractivity contribution in [3.8, 4) is 0 Å². The summed E-state index contributed by atoms with van der Waals surface area (Å²) in [5.74, 6) is -1.06. The van der Waals surface area contributed by atoms with Gasteiger partial charge in [-0.3, -0.25) is 14.7 Å². The average Bonchev–Trinajstić information content (AvgIpc) is 3.39. The SMILES string of the molecule is COC(=O)C1=C(CN2C3COCC2CC(CC(=O)O)C3)NC(c2nccs2)=NC1c1ccc(F)cc1. The number of piperidine rings is 1. The lowest BCUT2D eigenvalue weighted by Gasteiger charge is -2.49. The van der Waals surface area contributed by atoms with Crippen LogP contribution in [-0.2, 0) is 19.1 Å². The second-order valence-corrected chi connectivity index (χ2v) is 10.1. The van der Waals surface area contributed by atoms with Crippen molar-refractivity contribution in [3.05, 3.63) is 63.5 Å². The Kier molecular flexibility index (Phi) is 7.13. The number of rotatable bonds is 7. The number of carboxylic acids is 1. The van der Waals surface area contributed by atoms with Gasteiger partial charge in [0, 0.05) is 42.3 Å². The molecule has 4 heterocycles. The van der Waals surface area contributed by atoms with Crippen molar-refractivity contribution < 1.29 is 28.6 Å². The van der Waals surface area contributed by atoms with Gasteiger partial charge in [-0.1, -0.05) is 12.1 Å². The summed E-state index contributed by atoms with van der Waals surface area (Å²) >= 11 is 1.42. The molecule has 3 aliphatic heterocycles. The van der Waals surface area contributed by atoms with Crippen LogP contribution < -0.4 is 5.32 Å². The molecule has 1 aromatic carbocycles. The Morgan fingerprint density at radius 2 is 1.97 bits per heavy atom. The zero-order valence-corrected chi connectivity index (χ0v) is 20.5. The predicted octanol–water partition coefficient (Wildman–Crippen LogP) is 2.75. The smallest absolute Gasteiger partial charge is 0.338 e. The summed E-state index contributed by atoms with van der Waals surface area (Å²) in [7, 11) is 1.33. The lowest BCUT2D eigenvalue weighted by atomic mass is 9.82. The number of aliphatic imine (C=N–C) groups is 1. The number of ether oxygens (including phenoxy) is 2. The molecule has 9 nitrogen and oxygen atoms in total. The lowest BCUT2D eigenvalue weighted by molar-refractivity contribution is -0.141. The van der Waals surface area contributed by atoms with E-state index < -0.39 is 18.0 Å². The number of amidine groups is 1. The highest BCUT2D eigenvalue weighted by Gasteiger charge is 2.42. The van der Waals surface area contributed by atoms with E-state index in [1.165, 1.54) is 30.6 Å². The number of morpholine rings is 1. The quantitative estimate of drug-likeness (QED) is 0.543. The van der Waals surface area contributed by atoms with Gasteiger partial charge in [0.25, 0.3) is 0 Å². The van der Waals surface area contributed by atoms with Crippen molar-refractivity contribution in [2.45, 2.75) is 37.4 Å². The van der Waals surface area contributed by atoms with E-state index in [4.69, 9.17) is 14.5 Å². The van der Waals surface area contributed by atoms with E-state index in [1.54, 1.807) is 18.3 Å². The summed E-state index contributed by atoms with van der Waals surface area (Å²) in [6, 6.07) is 5.29. The van der Waals surface area contributed by atoms with Crippen LogP contribution in [0.3, 0.4) is 0 Å². The number of hydrogen-bond donors (Lipinski definition) is 2. The molecule has 2 N–H and O–H groups in total. The Bertz CT molecular complexity index is 1170. The van der Waals surface area contributed by atoms with Gasteiger partial charge in [-0.2, -0.15) is 0 Å². The van der Waals surface area contributed by atoms with Crippen LogP contribution in [0.25, 0.3) is 0 Å². The van der Waals surface area contributed by atoms with Crippen LogP contribution in [0.2, 0.25) is 0 Å². The van der Waals surface area contributed by atoms with E-state index in [2.05, 4.69) is 15.2 Å². The van der Waals surface area contributed by atoms with Crippen molar-refractivity contribution in [1.29, 1.82) is 0 Å². The number of carbonyl (C=O) groups excluding carboxylic acids is 1. The van der Waals surface area contributed by atoms with Gasteiger partial charge in [0.05, 0.1) is 25.9 Å². The number of hydrogen-bond acceptors (Lipinski definition) is 9. The number of thiazole rings is 1. The number of carboxylic acid groups (broad SMARTS) is 1. The molecule has 2 aromatic rings. The summed E-state index contributed by atoms with van der Waals surface area (Å²) in [6.45, 7) is 1.41. The molecule has 3 unspecified atom stereocenters. The third kappa shape index (κ3) is 5.04. The monoisotopic (exact) mass is 514 g/mol. The maximum absolute atomic E-state index is 13.7. The Hall–Kier alpha value is -3.15. The molecule has 0 radical (unpaired) electrons. The predicted molar refractivity (Wildman–Crippen MR) is 130 cm³/mol. The maximum Gasteiger partial charge on any atom is 0.338 e. The highest BCUT2D eigenvalue weighted by atomic mass is 32.1. The number of aliphatic carboxylic acids is 1. The molecule has 3 aliphatic rings. The Balaban J connectivity index is 1.52. The van der Waals surface area contributed by atoms with Gasteiger partial charge in [0.1, 0.15) is 11.9 Å². The van der Waals surface area contributed by atoms with Gasteiger partial charge in [0.15, 0.2) is 10.8 Å². The van der Waals surface area contributed by atoms with Crippen LogP contribution >= 0.6 is 11.3 Å². The van der Waals surface area contributed by atoms with Crippen LogP contribution in [-0.4, -0.2) is 71.7 Å². The fourth-order valence-electron chi connectivity index (χ4n) is 5.36. The van der Waals surface area contributed by atoms with Crippen LogP contribution in [0.4, 0.5) is 4.39 Å². The van der Waals surface area contributed by atoms with Gasteiger partial charge in [-0.15, -0.1) is 11.3 Å². The van der Waals surface area contributed by atoms with E-state index in [1.807, 2.05) is 5.38 Å². The molecule has 2 fully saturated rings. The van der Waals surface area contributed by atoms with Crippen LogP contribution in [0, 0.1) is 11.7 Å². The molecule has 0 amide bonds. The van der Waals surface area contributed by atoms with Gasteiger partial charge in [-0.25, -0.2) is 14.2 Å². The first-order chi connectivity index (χ1) is 17.4. The number of nitrogens with zero attached hydrogens (tertiary/aromatic N) is 3. The molecule has 0 aliphatic carbocycles. The molecule has 190 valence electrons. The standard InChI is InChI=1S/C25H27FN4O5S/c1-34-25(33)21-19(11-30-17-8-14(10-20(31)32)9-18(30)13-35-12-17)28-23(24-27-6-7-36-24)29-22(21)15-2-4-16(26)5-3-15/h2-7,14,17-18,22H,8-13H2,1H3,(H,28,29)(H,31,32). The summed E-state index contributed by atoms with van der Waals surface area (Å²) in [5, 5.41) is 15.2. The molecule has 2 bridgehead atoms. The van der Waals surface area contributed by atoms with E-state index in [9.17, 15) is 19.1 Å². The van der Waals surface area contributed by atoms with Crippen LogP contribution in [0.1, 0.15) is 35.9 Å². The summed E-state index contributed by atoms with van der Waals surface area (Å²) in [6.07, 6.45) is 3.24. The maximum atomic E-state index is 13.7. The summed E-state index contributed by atoms with van der Waals surface area (Å²) in [4.78, 5) is 35.9. The average molecular weight is 515 g/mol. The van der Waals surface area contributed by atoms with Gasteiger partial charge >= 0.3 is 11.9 Å². The van der Waals surface area contributed by atoms with Crippen molar-refractivity contribution in [2.24, 2.45) is 10.9 Å². The van der Waals surface area contributed by atoms with E-state index >= 15 is 0 Å². The summed E-state index contributed by atoms with van der Waals surface area (Å²) in [5.41, 5.74) is 1.66. The van der Waals surface area contributed by atoms with Crippen molar-refractivity contribution in [2.75, 3.05) is 26.9 Å². The Morgan fingerprint density at radius 3 is 2.58 bits per heavy atom. The highest BCUT2D eigenvalue weighted by Crippen LogP contribution is 2.37. The van der Waals surface area contributed by atoms with Crippen molar-refractivity contribution >= 4 is 29.1 Å². The number of halogens is 1. The zero-order valence-electron chi connectivity index (χ0n) is 19.7. The van der Waals surface area contributed by atoms with E-state index in [0.717, 1.165) is 0 Å². The molecular weight excluding hydrogens is 487 g/mol. The third-order valence-electron chi connectivity index (χ3n) is 6.93. The minimum Gasteiger partial charge on any atom is -0.481 e. The molecule has 2 saturated heterocycles. The number of fused-ring (bicyclic) bond motifs is 2. The number of benzene rings is 1. The first kappa shape index (κ1) is 24.5. The highest BCUT2D eigenvalue weighted by molar-refractivity contribution is 7.11. The largest absolute Gasteiger partial charge is 0.481 e. The second-order valence-electron chi connectivity index (χ2n) is 9.23. The van der Waals surface area contributed by atoms with Gasteiger partial charge < -0.3 is 19.9 Å². The molecule has 0 saturated carbocycles. The number of esters is 1. The van der Waals surface area contributed by atoms with Crippen molar-refractivity contribution in [3.63, 3.8) is 0 Å². The minimum absolute atomic E-state index is 0.0292. The van der Waals surface area contributed by atoms with Crippen molar-refractivity contribution in [1.82, 2.24) is 15.2 Å². The third-order valence-corrected chi connectivity index (χ3v) is 7.71. The first-order valence-corrected chi connectivity index (χ1v) is 12.7. The fraction of sp³-hybridized carbons (Fsp3) is 0.440. The molecule has 11 heteroatoms. The molecular formula is C25H27FN4O5S. The molecule has 36 heavy (non-hydrogen) atoms. The van der Waals surface area contributed by atoms with Crippen LogP contribution in [0.15, 0.2) is 52.1 Å². The zero-order chi connectivity index (χ0) is 25.2. The summed E-state index contributed by atoms with van der Waals surface area (Å²) < 4.78 is 24.7. The van der Waals surface area contributed by atoms with E-state index in [-0.39, 0.29) is 30.2 Å². The normalized spacial score (nSPS) is 26.2. The number of methoxy groups -OCH3 is 1. The minimum atomic E-state index is -0.788. The number of nitrogens with one attached hydrogen (secondary N) is 1. The Morgan fingerprint density at radius 1 is 1.25 bits per heavy atom. The molecule has 5 rings (SSSR count). The molecule has 1 aromatic heterocycles. The topological polar surface area (TPSA) is 113 Å². The number of aromatic nitrogens is 1. The second kappa shape index (κ2) is 10.5. The van der Waals surface area contributed by atoms with E-state index in [0.29, 0.717) is 60.3 Å². The van der Waals surface area contributed by atoms with Crippen LogP contribution in [0.5, 0.6) is 0 Å². The molecule has 0 spiro atoms. The lowest BCUT2D eigenvalue weighted by Crippen LogP contribution is -2.58. The van der Waals surface area contributed by atoms with Gasteiger partial charge in [-0.05, 0) is 36.5 Å². The first-order valence-electron chi connectivity index (χ1n) is 11.8. The number of carbonyl (C=O) groups is 2. The fourth-order valence-corrected chi connectivity index (χ4v) is 5.95. The molecule has 3 atom stereocenters. The van der Waals surface area contributed by atoms with Gasteiger partial charge in [0.2, 0.25) is 0 Å².